The van der Waals surface area contributed by atoms with Crippen molar-refractivity contribution in [1.29, 1.82) is 0 Å². The van der Waals surface area contributed by atoms with Gasteiger partial charge >= 0.3 is 0 Å². The Balaban J connectivity index is 2.56. The van der Waals surface area contributed by atoms with Crippen molar-refractivity contribution in [3.8, 4) is 0 Å². The predicted molar refractivity (Wildman–Crippen MR) is 77.4 cm³/mol. The molecule has 1 aromatic heterocycles. The summed E-state index contributed by atoms with van der Waals surface area (Å²) in [7, 11) is 1.73. The normalized spacial score (nSPS) is 12.4. The molecule has 0 saturated heterocycles. The number of thiophene rings is 1. The molecule has 0 aliphatic rings. The Hall–Kier alpha value is 0.0600. The van der Waals surface area contributed by atoms with Gasteiger partial charge in [-0.25, -0.2) is 0 Å². The molecule has 0 aliphatic heterocycles. The minimum atomic E-state index is -0.178. The van der Waals surface area contributed by atoms with Gasteiger partial charge in [-0.15, -0.1) is 11.3 Å². The maximum Gasteiger partial charge on any atom is 0.0589 e. The number of nitrogens with two attached hydrogens (primary N) is 1. The molecule has 0 aliphatic carbocycles. The Morgan fingerprint density at radius 2 is 2.24 bits per heavy atom. The van der Waals surface area contributed by atoms with Gasteiger partial charge in [-0.1, -0.05) is 0 Å². The van der Waals surface area contributed by atoms with E-state index in [1.807, 2.05) is 0 Å². The lowest BCUT2D eigenvalue weighted by molar-refractivity contribution is 0.131. The molecule has 1 aromatic rings. The largest absolute Gasteiger partial charge is 0.383 e. The minimum Gasteiger partial charge on any atom is -0.383 e. The molecule has 3 nitrogen and oxygen atoms in total. The van der Waals surface area contributed by atoms with Gasteiger partial charge in [0.05, 0.1) is 6.61 Å². The maximum atomic E-state index is 6.08. The van der Waals surface area contributed by atoms with Gasteiger partial charge in [-0.05, 0) is 35.8 Å². The molecule has 0 fully saturated rings. The summed E-state index contributed by atoms with van der Waals surface area (Å²) < 4.78 is 6.29. The van der Waals surface area contributed by atoms with Crippen LogP contribution in [0.2, 0.25) is 0 Å². The van der Waals surface area contributed by atoms with Gasteiger partial charge in [-0.2, -0.15) is 0 Å². The zero-order valence-electron chi connectivity index (χ0n) is 10.7. The maximum absolute atomic E-state index is 6.08. The summed E-state index contributed by atoms with van der Waals surface area (Å²) in [4.78, 5) is 3.68. The summed E-state index contributed by atoms with van der Waals surface area (Å²) in [5.74, 6) is 0. The van der Waals surface area contributed by atoms with E-state index in [0.29, 0.717) is 0 Å². The van der Waals surface area contributed by atoms with Crippen LogP contribution in [0.25, 0.3) is 0 Å². The smallest absolute Gasteiger partial charge is 0.0589 e. The molecule has 0 radical (unpaired) electrons. The highest BCUT2D eigenvalue weighted by Crippen LogP contribution is 2.21. The third-order valence-corrected chi connectivity index (χ3v) is 3.93. The summed E-state index contributed by atoms with van der Waals surface area (Å²) >= 11 is 5.25. The SMILES string of the molecule is COCCN(Cc1cc(Br)cs1)CC(C)(C)N. The van der Waals surface area contributed by atoms with Crippen molar-refractivity contribution in [3.63, 3.8) is 0 Å². The van der Waals surface area contributed by atoms with E-state index < -0.39 is 0 Å². The molecule has 1 heterocycles. The van der Waals surface area contributed by atoms with Crippen molar-refractivity contribution in [2.24, 2.45) is 5.73 Å². The third-order valence-electron chi connectivity index (χ3n) is 2.24. The topological polar surface area (TPSA) is 38.5 Å². The summed E-state index contributed by atoms with van der Waals surface area (Å²) in [6.45, 7) is 7.55. The second kappa shape index (κ2) is 6.85. The van der Waals surface area contributed by atoms with E-state index in [-0.39, 0.29) is 5.54 Å². The lowest BCUT2D eigenvalue weighted by Crippen LogP contribution is -2.45. The van der Waals surface area contributed by atoms with Crippen LogP contribution >= 0.6 is 27.3 Å². The van der Waals surface area contributed by atoms with E-state index in [1.54, 1.807) is 18.4 Å². The Labute approximate surface area is 116 Å². The van der Waals surface area contributed by atoms with E-state index >= 15 is 0 Å². The van der Waals surface area contributed by atoms with Gasteiger partial charge in [-0.3, -0.25) is 4.90 Å². The number of hydrogen-bond donors (Lipinski definition) is 1. The number of halogens is 1. The summed E-state index contributed by atoms with van der Waals surface area (Å²) in [6.07, 6.45) is 0. The Morgan fingerprint density at radius 3 is 2.71 bits per heavy atom. The fourth-order valence-electron chi connectivity index (χ4n) is 1.67. The van der Waals surface area contributed by atoms with Crippen LogP contribution in [-0.2, 0) is 11.3 Å². The number of nitrogens with zero attached hydrogens (tertiary/aromatic N) is 1. The molecule has 0 amide bonds. The van der Waals surface area contributed by atoms with Crippen LogP contribution in [0.15, 0.2) is 15.9 Å². The molecular weight excluding hydrogens is 300 g/mol. The van der Waals surface area contributed by atoms with Crippen molar-refractivity contribution < 1.29 is 4.74 Å². The van der Waals surface area contributed by atoms with E-state index in [4.69, 9.17) is 10.5 Å². The molecular formula is C12H21BrN2OS. The van der Waals surface area contributed by atoms with E-state index in [0.717, 1.165) is 30.7 Å². The Bertz CT molecular complexity index is 335. The standard InChI is InChI=1S/C12H21BrN2OS/c1-12(2,14)9-15(4-5-16-3)7-11-6-10(13)8-17-11/h6,8H,4-5,7,9,14H2,1-3H3. The number of hydrogen-bond acceptors (Lipinski definition) is 4. The zero-order chi connectivity index (χ0) is 12.9. The monoisotopic (exact) mass is 320 g/mol. The number of methoxy groups -OCH3 is 1. The zero-order valence-corrected chi connectivity index (χ0v) is 13.1. The van der Waals surface area contributed by atoms with Crippen molar-refractivity contribution >= 4 is 27.3 Å². The van der Waals surface area contributed by atoms with E-state index in [9.17, 15) is 0 Å². The van der Waals surface area contributed by atoms with E-state index in [1.165, 1.54) is 4.88 Å². The van der Waals surface area contributed by atoms with Gasteiger partial charge in [0.1, 0.15) is 0 Å². The molecule has 17 heavy (non-hydrogen) atoms. The highest BCUT2D eigenvalue weighted by Gasteiger charge is 2.17. The van der Waals surface area contributed by atoms with Crippen LogP contribution in [0.5, 0.6) is 0 Å². The van der Waals surface area contributed by atoms with Gasteiger partial charge in [0, 0.05) is 47.0 Å². The van der Waals surface area contributed by atoms with Crippen molar-refractivity contribution in [3.05, 3.63) is 20.8 Å². The molecule has 98 valence electrons. The number of ether oxygens (including phenoxy) is 1. The van der Waals surface area contributed by atoms with Crippen molar-refractivity contribution in [1.82, 2.24) is 4.90 Å². The van der Waals surface area contributed by atoms with Crippen LogP contribution < -0.4 is 5.73 Å². The molecule has 1 rings (SSSR count). The fraction of sp³-hybridized carbons (Fsp3) is 0.667. The molecule has 0 atom stereocenters. The minimum absolute atomic E-state index is 0.178. The van der Waals surface area contributed by atoms with Gasteiger partial charge in [0.25, 0.3) is 0 Å². The summed E-state index contributed by atoms with van der Waals surface area (Å²) in [5, 5.41) is 2.11. The second-order valence-electron chi connectivity index (χ2n) is 4.92. The van der Waals surface area contributed by atoms with Crippen LogP contribution in [0.4, 0.5) is 0 Å². The van der Waals surface area contributed by atoms with Crippen LogP contribution in [0, 0.1) is 0 Å². The third kappa shape index (κ3) is 6.52. The van der Waals surface area contributed by atoms with Crippen molar-refractivity contribution in [2.75, 3.05) is 26.8 Å². The van der Waals surface area contributed by atoms with Crippen molar-refractivity contribution in [2.45, 2.75) is 25.9 Å². The Morgan fingerprint density at radius 1 is 1.53 bits per heavy atom. The average molecular weight is 321 g/mol. The fourth-order valence-corrected chi connectivity index (χ4v) is 3.16. The average Bonchev–Trinajstić information content (AvgIpc) is 2.58. The molecule has 0 saturated carbocycles. The molecule has 0 unspecified atom stereocenters. The van der Waals surface area contributed by atoms with Crippen LogP contribution in [0.1, 0.15) is 18.7 Å². The van der Waals surface area contributed by atoms with Gasteiger partial charge < -0.3 is 10.5 Å². The van der Waals surface area contributed by atoms with E-state index in [2.05, 4.69) is 46.1 Å². The first-order chi connectivity index (χ1) is 7.90. The lowest BCUT2D eigenvalue weighted by Gasteiger charge is -2.29. The Kier molecular flexibility index (Phi) is 6.09. The quantitative estimate of drug-likeness (QED) is 0.839. The molecule has 0 bridgehead atoms. The molecule has 5 heteroatoms. The first-order valence-electron chi connectivity index (χ1n) is 5.64. The highest BCUT2D eigenvalue weighted by atomic mass is 79.9. The van der Waals surface area contributed by atoms with Gasteiger partial charge in [0.2, 0.25) is 0 Å². The summed E-state index contributed by atoms with van der Waals surface area (Å²) in [6, 6.07) is 2.16. The highest BCUT2D eigenvalue weighted by molar-refractivity contribution is 9.10. The lowest BCUT2D eigenvalue weighted by atomic mass is 10.1. The second-order valence-corrected chi connectivity index (χ2v) is 6.83. The van der Waals surface area contributed by atoms with Crippen LogP contribution in [0.3, 0.4) is 0 Å². The molecule has 0 spiro atoms. The number of rotatable bonds is 7. The van der Waals surface area contributed by atoms with Crippen LogP contribution in [-0.4, -0.2) is 37.2 Å². The summed E-state index contributed by atoms with van der Waals surface area (Å²) in [5.41, 5.74) is 5.90. The first-order valence-corrected chi connectivity index (χ1v) is 7.31. The molecule has 0 aromatic carbocycles. The molecule has 2 N–H and O–H groups in total. The van der Waals surface area contributed by atoms with Gasteiger partial charge in [0.15, 0.2) is 0 Å². The predicted octanol–water partition coefficient (Wildman–Crippen LogP) is 2.70. The first kappa shape index (κ1) is 15.1.